The van der Waals surface area contributed by atoms with Crippen molar-refractivity contribution < 1.29 is 4.79 Å². The maximum absolute atomic E-state index is 11.3. The molecule has 2 nitrogen and oxygen atoms in total. The summed E-state index contributed by atoms with van der Waals surface area (Å²) >= 11 is 0. The van der Waals surface area contributed by atoms with Crippen LogP contribution in [0.15, 0.2) is 12.7 Å². The van der Waals surface area contributed by atoms with E-state index in [9.17, 15) is 4.79 Å². The van der Waals surface area contributed by atoms with Gasteiger partial charge in [0.1, 0.15) is 0 Å². The Morgan fingerprint density at radius 1 is 1.38 bits per heavy atom. The van der Waals surface area contributed by atoms with Gasteiger partial charge < -0.3 is 4.90 Å². The summed E-state index contributed by atoms with van der Waals surface area (Å²) in [6.45, 7) is 6.92. The predicted octanol–water partition coefficient (Wildman–Crippen LogP) is 3.38. The fourth-order valence-electron chi connectivity index (χ4n) is 2.58. The van der Waals surface area contributed by atoms with E-state index in [1.807, 2.05) is 11.0 Å². The van der Waals surface area contributed by atoms with Crippen LogP contribution < -0.4 is 0 Å². The molecule has 1 amide bonds. The normalized spacial score (nSPS) is 17.1. The maximum Gasteiger partial charge on any atom is 0.219 e. The molecule has 1 aliphatic rings. The first kappa shape index (κ1) is 13.3. The molecule has 92 valence electrons. The molecule has 1 rings (SSSR count). The Morgan fingerprint density at radius 2 is 2.06 bits per heavy atom. The lowest BCUT2D eigenvalue weighted by atomic mass is 9.86. The SMILES string of the molecule is C=CCN(CCCC1CCCCC1)C(C)=O. The van der Waals surface area contributed by atoms with Gasteiger partial charge in [-0.1, -0.05) is 38.2 Å². The van der Waals surface area contributed by atoms with E-state index in [2.05, 4.69) is 6.58 Å². The molecule has 0 aromatic rings. The van der Waals surface area contributed by atoms with Crippen molar-refractivity contribution in [1.82, 2.24) is 4.90 Å². The van der Waals surface area contributed by atoms with Gasteiger partial charge in [0, 0.05) is 20.0 Å². The summed E-state index contributed by atoms with van der Waals surface area (Å²) in [5, 5.41) is 0. The third kappa shape index (κ3) is 4.82. The third-order valence-corrected chi connectivity index (χ3v) is 3.56. The third-order valence-electron chi connectivity index (χ3n) is 3.56. The van der Waals surface area contributed by atoms with E-state index < -0.39 is 0 Å². The molecule has 0 unspecified atom stereocenters. The van der Waals surface area contributed by atoms with Crippen molar-refractivity contribution in [3.8, 4) is 0 Å². The molecule has 0 aliphatic heterocycles. The van der Waals surface area contributed by atoms with Gasteiger partial charge in [0.05, 0.1) is 0 Å². The summed E-state index contributed by atoms with van der Waals surface area (Å²) < 4.78 is 0. The van der Waals surface area contributed by atoms with Crippen LogP contribution in [0.5, 0.6) is 0 Å². The van der Waals surface area contributed by atoms with Crippen LogP contribution in [0.1, 0.15) is 51.9 Å². The van der Waals surface area contributed by atoms with E-state index in [1.54, 1.807) is 6.92 Å². The molecule has 0 heterocycles. The Hall–Kier alpha value is -0.790. The quantitative estimate of drug-likeness (QED) is 0.632. The topological polar surface area (TPSA) is 20.3 Å². The zero-order valence-electron chi connectivity index (χ0n) is 10.6. The van der Waals surface area contributed by atoms with Gasteiger partial charge in [-0.2, -0.15) is 0 Å². The van der Waals surface area contributed by atoms with Gasteiger partial charge in [-0.15, -0.1) is 6.58 Å². The molecule has 0 aromatic carbocycles. The number of hydrogen-bond donors (Lipinski definition) is 0. The van der Waals surface area contributed by atoms with E-state index in [0.717, 1.165) is 18.9 Å². The highest BCUT2D eigenvalue weighted by molar-refractivity contribution is 5.73. The second kappa shape index (κ2) is 7.48. The molecular weight excluding hydrogens is 198 g/mol. The monoisotopic (exact) mass is 223 g/mol. The summed E-state index contributed by atoms with van der Waals surface area (Å²) in [5.41, 5.74) is 0. The van der Waals surface area contributed by atoms with Crippen molar-refractivity contribution in [2.75, 3.05) is 13.1 Å². The molecule has 0 aromatic heterocycles. The lowest BCUT2D eigenvalue weighted by molar-refractivity contribution is -0.128. The van der Waals surface area contributed by atoms with E-state index in [4.69, 9.17) is 0 Å². The Morgan fingerprint density at radius 3 is 2.62 bits per heavy atom. The van der Waals surface area contributed by atoms with Gasteiger partial charge in [0.15, 0.2) is 0 Å². The first-order chi connectivity index (χ1) is 7.74. The first-order valence-corrected chi connectivity index (χ1v) is 6.60. The van der Waals surface area contributed by atoms with Crippen LogP contribution in [-0.4, -0.2) is 23.9 Å². The Labute approximate surface area is 99.7 Å². The molecule has 0 N–H and O–H groups in total. The predicted molar refractivity (Wildman–Crippen MR) is 68.3 cm³/mol. The molecule has 1 saturated carbocycles. The number of nitrogens with zero attached hydrogens (tertiary/aromatic N) is 1. The first-order valence-electron chi connectivity index (χ1n) is 6.60. The molecule has 0 bridgehead atoms. The number of carbonyl (C=O) groups is 1. The van der Waals surface area contributed by atoms with Gasteiger partial charge in [-0.3, -0.25) is 4.79 Å². The van der Waals surface area contributed by atoms with Gasteiger partial charge in [-0.05, 0) is 18.8 Å². The molecule has 2 heteroatoms. The van der Waals surface area contributed by atoms with E-state index >= 15 is 0 Å². The fourth-order valence-corrected chi connectivity index (χ4v) is 2.58. The second-order valence-electron chi connectivity index (χ2n) is 4.90. The van der Waals surface area contributed by atoms with Crippen LogP contribution in [-0.2, 0) is 4.79 Å². The standard InChI is InChI=1S/C14H25NO/c1-3-11-15(13(2)16)12-7-10-14-8-5-4-6-9-14/h3,14H,1,4-12H2,2H3. The Kier molecular flexibility index (Phi) is 6.20. The van der Waals surface area contributed by atoms with Crippen LogP contribution in [0, 0.1) is 5.92 Å². The summed E-state index contributed by atoms with van der Waals surface area (Å²) in [7, 11) is 0. The zero-order chi connectivity index (χ0) is 11.8. The van der Waals surface area contributed by atoms with Crippen molar-refractivity contribution >= 4 is 5.91 Å². The Bertz CT molecular complexity index is 219. The van der Waals surface area contributed by atoms with E-state index in [1.165, 1.54) is 38.5 Å². The van der Waals surface area contributed by atoms with Crippen LogP contribution in [0.2, 0.25) is 0 Å². The summed E-state index contributed by atoms with van der Waals surface area (Å²) in [6.07, 6.45) is 11.3. The number of hydrogen-bond acceptors (Lipinski definition) is 1. The number of amides is 1. The average molecular weight is 223 g/mol. The molecule has 1 aliphatic carbocycles. The van der Waals surface area contributed by atoms with Crippen LogP contribution in [0.25, 0.3) is 0 Å². The molecular formula is C14H25NO. The lowest BCUT2D eigenvalue weighted by Gasteiger charge is -2.24. The van der Waals surface area contributed by atoms with Crippen molar-refractivity contribution in [2.45, 2.75) is 51.9 Å². The van der Waals surface area contributed by atoms with Crippen LogP contribution >= 0.6 is 0 Å². The van der Waals surface area contributed by atoms with E-state index in [-0.39, 0.29) is 5.91 Å². The summed E-state index contributed by atoms with van der Waals surface area (Å²) in [4.78, 5) is 13.2. The van der Waals surface area contributed by atoms with Crippen molar-refractivity contribution in [2.24, 2.45) is 5.92 Å². The van der Waals surface area contributed by atoms with E-state index in [0.29, 0.717) is 6.54 Å². The smallest absolute Gasteiger partial charge is 0.219 e. The fraction of sp³-hybridized carbons (Fsp3) is 0.786. The Balaban J connectivity index is 2.16. The molecule has 0 spiro atoms. The van der Waals surface area contributed by atoms with Crippen molar-refractivity contribution in [1.29, 1.82) is 0 Å². The van der Waals surface area contributed by atoms with Crippen LogP contribution in [0.3, 0.4) is 0 Å². The largest absolute Gasteiger partial charge is 0.339 e. The van der Waals surface area contributed by atoms with Gasteiger partial charge >= 0.3 is 0 Å². The van der Waals surface area contributed by atoms with Crippen molar-refractivity contribution in [3.05, 3.63) is 12.7 Å². The zero-order valence-corrected chi connectivity index (χ0v) is 10.6. The summed E-state index contributed by atoms with van der Waals surface area (Å²) in [6, 6.07) is 0. The van der Waals surface area contributed by atoms with Gasteiger partial charge in [0.2, 0.25) is 5.91 Å². The minimum atomic E-state index is 0.170. The minimum Gasteiger partial charge on any atom is -0.339 e. The average Bonchev–Trinajstić information content (AvgIpc) is 2.29. The highest BCUT2D eigenvalue weighted by Gasteiger charge is 2.14. The van der Waals surface area contributed by atoms with Gasteiger partial charge in [0.25, 0.3) is 0 Å². The number of carbonyl (C=O) groups excluding carboxylic acids is 1. The lowest BCUT2D eigenvalue weighted by Crippen LogP contribution is -2.30. The van der Waals surface area contributed by atoms with Gasteiger partial charge in [-0.25, -0.2) is 0 Å². The number of rotatable bonds is 6. The second-order valence-corrected chi connectivity index (χ2v) is 4.90. The van der Waals surface area contributed by atoms with Crippen LogP contribution in [0.4, 0.5) is 0 Å². The summed E-state index contributed by atoms with van der Waals surface area (Å²) in [5.74, 6) is 1.09. The molecule has 16 heavy (non-hydrogen) atoms. The minimum absolute atomic E-state index is 0.170. The maximum atomic E-state index is 11.3. The van der Waals surface area contributed by atoms with Crippen molar-refractivity contribution in [3.63, 3.8) is 0 Å². The molecule has 1 fully saturated rings. The molecule has 0 atom stereocenters. The molecule has 0 saturated heterocycles. The highest BCUT2D eigenvalue weighted by Crippen LogP contribution is 2.27. The highest BCUT2D eigenvalue weighted by atomic mass is 16.2. The molecule has 0 radical (unpaired) electrons.